The molecule has 18 heavy (non-hydrogen) atoms. The van der Waals surface area contributed by atoms with Crippen molar-refractivity contribution in [2.24, 2.45) is 4.99 Å². The van der Waals surface area contributed by atoms with Crippen LogP contribution in [-0.4, -0.2) is 11.0 Å². The molecule has 0 spiro atoms. The molecule has 1 amide bonds. The fourth-order valence-electron chi connectivity index (χ4n) is 1.90. The Labute approximate surface area is 110 Å². The molecule has 0 bridgehead atoms. The third-order valence-electron chi connectivity index (χ3n) is 2.79. The van der Waals surface area contributed by atoms with Crippen LogP contribution in [0.5, 0.6) is 0 Å². The minimum absolute atomic E-state index is 0.0648. The lowest BCUT2D eigenvalue weighted by atomic mass is 10.1. The van der Waals surface area contributed by atoms with Crippen molar-refractivity contribution in [3.8, 4) is 0 Å². The van der Waals surface area contributed by atoms with Crippen molar-refractivity contribution in [1.29, 1.82) is 0 Å². The standard InChI is InChI=1S/C15H11NOS/c17-14-13(11-7-3-1-4-8-11)18-15(16-14)12-9-5-2-6-10-12/h1-10,13H. The highest BCUT2D eigenvalue weighted by Gasteiger charge is 2.30. The van der Waals surface area contributed by atoms with Crippen molar-refractivity contribution in [3.05, 3.63) is 71.8 Å². The molecule has 1 unspecified atom stereocenters. The third-order valence-corrected chi connectivity index (χ3v) is 4.05. The molecule has 0 radical (unpaired) electrons. The highest BCUT2D eigenvalue weighted by atomic mass is 32.2. The van der Waals surface area contributed by atoms with Crippen molar-refractivity contribution >= 4 is 22.7 Å². The van der Waals surface area contributed by atoms with Gasteiger partial charge in [-0.15, -0.1) is 0 Å². The number of rotatable bonds is 2. The first-order chi connectivity index (χ1) is 8.84. The molecule has 2 aromatic rings. The number of carbonyl (C=O) groups excluding carboxylic acids is 1. The zero-order valence-electron chi connectivity index (χ0n) is 9.61. The molecule has 1 aliphatic rings. The van der Waals surface area contributed by atoms with Crippen LogP contribution in [0.15, 0.2) is 65.7 Å². The van der Waals surface area contributed by atoms with E-state index in [2.05, 4.69) is 4.99 Å². The maximum Gasteiger partial charge on any atom is 0.264 e. The molecule has 0 saturated heterocycles. The minimum atomic E-state index is -0.193. The fraction of sp³-hybridized carbons (Fsp3) is 0.0667. The maximum absolute atomic E-state index is 12.0. The van der Waals surface area contributed by atoms with Gasteiger partial charge in [-0.25, -0.2) is 4.99 Å². The summed E-state index contributed by atoms with van der Waals surface area (Å²) in [5.74, 6) is -0.0648. The van der Waals surface area contributed by atoms with Crippen LogP contribution in [0.25, 0.3) is 0 Å². The Hall–Kier alpha value is -1.87. The van der Waals surface area contributed by atoms with E-state index in [1.54, 1.807) is 0 Å². The van der Waals surface area contributed by atoms with E-state index in [4.69, 9.17) is 0 Å². The van der Waals surface area contributed by atoms with Crippen LogP contribution in [0.3, 0.4) is 0 Å². The number of aliphatic imine (C=N–C) groups is 1. The number of hydrogen-bond donors (Lipinski definition) is 0. The number of amides is 1. The molecular weight excluding hydrogens is 242 g/mol. The van der Waals surface area contributed by atoms with Gasteiger partial charge in [0.2, 0.25) is 0 Å². The Balaban J connectivity index is 1.88. The van der Waals surface area contributed by atoms with Gasteiger partial charge in [-0.05, 0) is 5.56 Å². The maximum atomic E-state index is 12.0. The lowest BCUT2D eigenvalue weighted by Gasteiger charge is -2.06. The molecule has 2 aromatic carbocycles. The van der Waals surface area contributed by atoms with Gasteiger partial charge in [0.25, 0.3) is 5.91 Å². The number of benzene rings is 2. The molecule has 3 heteroatoms. The quantitative estimate of drug-likeness (QED) is 0.820. The highest BCUT2D eigenvalue weighted by molar-refractivity contribution is 8.15. The largest absolute Gasteiger partial charge is 0.271 e. The van der Waals surface area contributed by atoms with Gasteiger partial charge in [0.05, 0.1) is 0 Å². The van der Waals surface area contributed by atoms with E-state index in [0.717, 1.165) is 16.2 Å². The van der Waals surface area contributed by atoms with Crippen LogP contribution in [0.1, 0.15) is 16.4 Å². The van der Waals surface area contributed by atoms with Crippen molar-refractivity contribution in [2.45, 2.75) is 5.25 Å². The first kappa shape index (κ1) is 11.2. The minimum Gasteiger partial charge on any atom is -0.271 e. The Kier molecular flexibility index (Phi) is 2.99. The van der Waals surface area contributed by atoms with Gasteiger partial charge in [-0.3, -0.25) is 4.79 Å². The Morgan fingerprint density at radius 1 is 0.889 bits per heavy atom. The van der Waals surface area contributed by atoms with E-state index >= 15 is 0 Å². The zero-order chi connectivity index (χ0) is 12.4. The zero-order valence-corrected chi connectivity index (χ0v) is 10.4. The van der Waals surface area contributed by atoms with Crippen LogP contribution < -0.4 is 0 Å². The number of carbonyl (C=O) groups is 1. The van der Waals surface area contributed by atoms with E-state index in [1.165, 1.54) is 11.8 Å². The number of nitrogens with zero attached hydrogens (tertiary/aromatic N) is 1. The second kappa shape index (κ2) is 4.78. The Bertz CT molecular complexity index is 592. The summed E-state index contributed by atoms with van der Waals surface area (Å²) < 4.78 is 0. The van der Waals surface area contributed by atoms with Crippen molar-refractivity contribution in [1.82, 2.24) is 0 Å². The van der Waals surface area contributed by atoms with Gasteiger partial charge < -0.3 is 0 Å². The molecule has 88 valence electrons. The SMILES string of the molecule is O=C1N=C(c2ccccc2)SC1c1ccccc1. The summed E-state index contributed by atoms with van der Waals surface area (Å²) in [5, 5.41) is 0.621. The molecule has 3 rings (SSSR count). The van der Waals surface area contributed by atoms with Crippen LogP contribution in [-0.2, 0) is 4.79 Å². The summed E-state index contributed by atoms with van der Waals surface area (Å²) in [6.45, 7) is 0. The van der Waals surface area contributed by atoms with Crippen LogP contribution in [0, 0.1) is 0 Å². The highest BCUT2D eigenvalue weighted by Crippen LogP contribution is 2.38. The van der Waals surface area contributed by atoms with Gasteiger partial charge in [0, 0.05) is 5.56 Å². The summed E-state index contributed by atoms with van der Waals surface area (Å²) in [6.07, 6.45) is 0. The van der Waals surface area contributed by atoms with E-state index < -0.39 is 0 Å². The second-order valence-electron chi connectivity index (χ2n) is 4.03. The van der Waals surface area contributed by atoms with Gasteiger partial charge in [-0.2, -0.15) is 0 Å². The lowest BCUT2D eigenvalue weighted by Crippen LogP contribution is -2.00. The molecule has 0 saturated carbocycles. The summed E-state index contributed by atoms with van der Waals surface area (Å²) in [7, 11) is 0. The second-order valence-corrected chi connectivity index (χ2v) is 5.12. The average Bonchev–Trinajstić information content (AvgIpc) is 2.83. The van der Waals surface area contributed by atoms with Gasteiger partial charge in [-0.1, -0.05) is 72.4 Å². The van der Waals surface area contributed by atoms with Crippen LogP contribution >= 0.6 is 11.8 Å². The van der Waals surface area contributed by atoms with E-state index in [9.17, 15) is 4.79 Å². The molecule has 0 aromatic heterocycles. The molecule has 1 aliphatic heterocycles. The first-order valence-corrected chi connectivity index (χ1v) is 6.62. The van der Waals surface area contributed by atoms with Crippen molar-refractivity contribution < 1.29 is 4.79 Å². The smallest absolute Gasteiger partial charge is 0.264 e. The lowest BCUT2D eigenvalue weighted by molar-refractivity contribution is -0.117. The average molecular weight is 253 g/mol. The van der Waals surface area contributed by atoms with E-state index in [0.29, 0.717) is 0 Å². The monoisotopic (exact) mass is 253 g/mol. The van der Waals surface area contributed by atoms with Gasteiger partial charge >= 0.3 is 0 Å². The number of thioether (sulfide) groups is 1. The predicted molar refractivity (Wildman–Crippen MR) is 74.8 cm³/mol. The summed E-state index contributed by atoms with van der Waals surface area (Å²) in [4.78, 5) is 16.1. The third kappa shape index (κ3) is 2.09. The summed E-state index contributed by atoms with van der Waals surface area (Å²) in [5.41, 5.74) is 2.02. The molecule has 0 fully saturated rings. The Morgan fingerprint density at radius 2 is 1.50 bits per heavy atom. The molecule has 1 heterocycles. The van der Waals surface area contributed by atoms with E-state index in [-0.39, 0.29) is 11.2 Å². The predicted octanol–water partition coefficient (Wildman–Crippen LogP) is 3.45. The van der Waals surface area contributed by atoms with Gasteiger partial charge in [0.15, 0.2) is 0 Å². The van der Waals surface area contributed by atoms with Crippen molar-refractivity contribution in [2.75, 3.05) is 0 Å². The summed E-state index contributed by atoms with van der Waals surface area (Å²) >= 11 is 1.53. The molecule has 2 nitrogen and oxygen atoms in total. The summed E-state index contributed by atoms with van der Waals surface area (Å²) in [6, 6.07) is 19.6. The van der Waals surface area contributed by atoms with Gasteiger partial charge in [0.1, 0.15) is 10.3 Å². The fourth-order valence-corrected chi connectivity index (χ4v) is 2.98. The molecule has 1 atom stereocenters. The van der Waals surface area contributed by atoms with E-state index in [1.807, 2.05) is 60.7 Å². The van der Waals surface area contributed by atoms with Crippen molar-refractivity contribution in [3.63, 3.8) is 0 Å². The van der Waals surface area contributed by atoms with Crippen LogP contribution in [0.4, 0.5) is 0 Å². The Morgan fingerprint density at radius 3 is 2.17 bits per heavy atom. The molecule has 0 aliphatic carbocycles. The topological polar surface area (TPSA) is 29.4 Å². The molecule has 0 N–H and O–H groups in total. The number of hydrogen-bond acceptors (Lipinski definition) is 2. The normalized spacial score (nSPS) is 18.8. The first-order valence-electron chi connectivity index (χ1n) is 5.74. The van der Waals surface area contributed by atoms with Crippen LogP contribution in [0.2, 0.25) is 0 Å². The molecular formula is C15H11NOS.